The molecule has 1 amide bonds. The topological polar surface area (TPSA) is 307 Å². The molecule has 0 spiro atoms. The predicted molar refractivity (Wildman–Crippen MR) is 323 cm³/mol. The van der Waals surface area contributed by atoms with E-state index in [0.29, 0.717) is 12.8 Å². The van der Waals surface area contributed by atoms with Gasteiger partial charge in [0.2, 0.25) is 5.91 Å². The van der Waals surface area contributed by atoms with Gasteiger partial charge in [-0.2, -0.15) is 0 Å². The van der Waals surface area contributed by atoms with E-state index in [1.165, 1.54) is 109 Å². The van der Waals surface area contributed by atoms with Crippen molar-refractivity contribution in [2.45, 2.75) is 304 Å². The highest BCUT2D eigenvalue weighted by Crippen LogP contribution is 2.33. The summed E-state index contributed by atoms with van der Waals surface area (Å²) in [6.45, 7) is 1.57. The summed E-state index contributed by atoms with van der Waals surface area (Å²) in [4.78, 5) is 13.3. The molecule has 3 fully saturated rings. The number of ether oxygens (including phenoxy) is 6. The number of carbonyl (C=O) groups is 1. The van der Waals surface area contributed by atoms with Gasteiger partial charge in [0, 0.05) is 6.42 Å². The summed E-state index contributed by atoms with van der Waals surface area (Å²) in [7, 11) is 0. The summed E-state index contributed by atoms with van der Waals surface area (Å²) in [6.07, 6.45) is 30.3. The molecule has 3 saturated heterocycles. The number of aliphatic hydroxyl groups is 11. The van der Waals surface area contributed by atoms with Gasteiger partial charge < -0.3 is 89.9 Å². The monoisotopic (exact) mass is 1200 g/mol. The van der Waals surface area contributed by atoms with E-state index >= 15 is 0 Å². The SMILES string of the molecule is CC/C=C\C/C=C\C/C=C\C/C=C\C/C=C\CCCC(=O)NC(COC1OC(CO)C(OC2OC(CO)C(OC3OC(CO)C(O)C(O)C3O)C(O)C2O)C(O)C1O)C(O)/C=C/CCCCCCCCCCCCCCCCCCCCCC. The molecular weight excluding hydrogens is 1080 g/mol. The maximum absolute atomic E-state index is 13.3. The molecule has 486 valence electrons. The maximum atomic E-state index is 13.3. The normalized spacial score (nSPS) is 29.7. The van der Waals surface area contributed by atoms with Crippen LogP contribution < -0.4 is 5.32 Å². The largest absolute Gasteiger partial charge is 0.394 e. The second-order valence-electron chi connectivity index (χ2n) is 22.8. The minimum atomic E-state index is -1.99. The average molecular weight is 1200 g/mol. The quantitative estimate of drug-likeness (QED) is 0.0216. The average Bonchev–Trinajstić information content (AvgIpc) is 2.82. The van der Waals surface area contributed by atoms with Crippen LogP contribution in [0.3, 0.4) is 0 Å². The first-order valence-corrected chi connectivity index (χ1v) is 32.2. The summed E-state index contributed by atoms with van der Waals surface area (Å²) in [5.41, 5.74) is 0. The van der Waals surface area contributed by atoms with Gasteiger partial charge in [0.15, 0.2) is 18.9 Å². The van der Waals surface area contributed by atoms with Gasteiger partial charge in [0.05, 0.1) is 38.6 Å². The number of hydrogen-bond donors (Lipinski definition) is 12. The van der Waals surface area contributed by atoms with Crippen molar-refractivity contribution in [2.24, 2.45) is 0 Å². The van der Waals surface area contributed by atoms with Crippen LogP contribution in [-0.4, -0.2) is 193 Å². The molecule has 0 radical (unpaired) electrons. The first-order valence-electron chi connectivity index (χ1n) is 32.2. The van der Waals surface area contributed by atoms with E-state index in [1.807, 2.05) is 12.2 Å². The number of allylic oxidation sites excluding steroid dienone is 11. The van der Waals surface area contributed by atoms with Crippen molar-refractivity contribution in [1.82, 2.24) is 5.32 Å². The molecule has 3 heterocycles. The van der Waals surface area contributed by atoms with Crippen molar-refractivity contribution in [3.8, 4) is 0 Å². The second-order valence-corrected chi connectivity index (χ2v) is 22.8. The standard InChI is InChI=1S/C65H113NO18/c1-3-5-7-9-11-13-15-17-19-21-22-23-24-25-27-28-30-32-34-36-38-40-42-49(70)48(66-53(71)43-41-39-37-35-33-31-29-26-20-18-16-14-12-10-8-6-4-2)47-79-63-59(77)56(74)61(51(45-68)81-63)84-65-60(78)57(75)62(52(46-69)82-65)83-64-58(76)55(73)54(72)50(44-67)80-64/h6,8,12,14,18,20,29,31,35,37,40,42,48-52,54-65,67-70,72-78H,3-5,7,9-11,13,15-17,19,21-28,30,32-34,36,38-39,41,43-47H2,1-2H3,(H,66,71)/b8-6-,14-12-,20-18-,31-29-,37-35-,42-40+. The van der Waals surface area contributed by atoms with E-state index in [9.17, 15) is 61.0 Å². The smallest absolute Gasteiger partial charge is 0.220 e. The Kier molecular flexibility index (Phi) is 42.5. The Bertz CT molecular complexity index is 1810. The van der Waals surface area contributed by atoms with E-state index in [0.717, 1.165) is 57.8 Å². The molecule has 19 nitrogen and oxygen atoms in total. The van der Waals surface area contributed by atoms with Crippen LogP contribution in [0.15, 0.2) is 72.9 Å². The molecule has 19 heteroatoms. The molecule has 17 atom stereocenters. The van der Waals surface area contributed by atoms with Crippen LogP contribution in [0.5, 0.6) is 0 Å². The predicted octanol–water partition coefficient (Wildman–Crippen LogP) is 6.99. The molecule has 0 aromatic heterocycles. The lowest BCUT2D eigenvalue weighted by Gasteiger charge is -2.48. The Hall–Kier alpha value is -2.77. The molecule has 0 aliphatic carbocycles. The van der Waals surface area contributed by atoms with E-state index in [1.54, 1.807) is 6.08 Å². The fourth-order valence-corrected chi connectivity index (χ4v) is 10.5. The lowest BCUT2D eigenvalue weighted by atomic mass is 9.96. The lowest BCUT2D eigenvalue weighted by molar-refractivity contribution is -0.379. The Morgan fingerprint density at radius 1 is 0.440 bits per heavy atom. The highest BCUT2D eigenvalue weighted by atomic mass is 16.8. The van der Waals surface area contributed by atoms with Crippen LogP contribution in [0.2, 0.25) is 0 Å². The third-order valence-corrected chi connectivity index (χ3v) is 15.8. The highest BCUT2D eigenvalue weighted by Gasteiger charge is 2.53. The Labute approximate surface area is 502 Å². The molecule has 0 aromatic rings. The van der Waals surface area contributed by atoms with Crippen LogP contribution in [0.4, 0.5) is 0 Å². The Balaban J connectivity index is 1.50. The van der Waals surface area contributed by atoms with Crippen molar-refractivity contribution in [2.75, 3.05) is 26.4 Å². The number of hydrogen-bond acceptors (Lipinski definition) is 18. The molecule has 3 rings (SSSR count). The van der Waals surface area contributed by atoms with E-state index < -0.39 is 124 Å². The van der Waals surface area contributed by atoms with Gasteiger partial charge in [0.1, 0.15) is 73.2 Å². The minimum Gasteiger partial charge on any atom is -0.394 e. The molecular formula is C65H113NO18. The minimum absolute atomic E-state index is 0.162. The van der Waals surface area contributed by atoms with Gasteiger partial charge in [-0.25, -0.2) is 0 Å². The highest BCUT2D eigenvalue weighted by molar-refractivity contribution is 5.76. The summed E-state index contributed by atoms with van der Waals surface area (Å²) in [5.74, 6) is -0.334. The van der Waals surface area contributed by atoms with E-state index in [4.69, 9.17) is 28.4 Å². The molecule has 12 N–H and O–H groups in total. The summed E-state index contributed by atoms with van der Waals surface area (Å²) >= 11 is 0. The summed E-state index contributed by atoms with van der Waals surface area (Å²) < 4.78 is 34.2. The van der Waals surface area contributed by atoms with Crippen LogP contribution in [0.25, 0.3) is 0 Å². The van der Waals surface area contributed by atoms with Crippen LogP contribution in [0.1, 0.15) is 200 Å². The number of nitrogens with one attached hydrogen (secondary N) is 1. The number of carbonyl (C=O) groups excluding carboxylic acids is 1. The fraction of sp³-hybridized carbons (Fsp3) is 0.800. The van der Waals surface area contributed by atoms with Gasteiger partial charge in [-0.05, 0) is 57.8 Å². The molecule has 3 aliphatic heterocycles. The molecule has 0 aromatic carbocycles. The van der Waals surface area contributed by atoms with Crippen molar-refractivity contribution in [1.29, 1.82) is 0 Å². The third kappa shape index (κ3) is 30.0. The number of amides is 1. The zero-order valence-corrected chi connectivity index (χ0v) is 50.9. The fourth-order valence-electron chi connectivity index (χ4n) is 10.5. The van der Waals surface area contributed by atoms with E-state index in [2.05, 4.69) is 73.8 Å². The summed E-state index contributed by atoms with van der Waals surface area (Å²) in [6, 6.07) is -1.01. The Morgan fingerprint density at radius 3 is 1.27 bits per heavy atom. The zero-order chi connectivity index (χ0) is 61.2. The molecule has 84 heavy (non-hydrogen) atoms. The summed E-state index contributed by atoms with van der Waals surface area (Å²) in [5, 5.41) is 120. The van der Waals surface area contributed by atoms with Crippen molar-refractivity contribution in [3.63, 3.8) is 0 Å². The molecule has 0 bridgehead atoms. The van der Waals surface area contributed by atoms with Crippen LogP contribution in [0, 0.1) is 0 Å². The Morgan fingerprint density at radius 2 is 0.821 bits per heavy atom. The number of unbranched alkanes of at least 4 members (excludes halogenated alkanes) is 21. The second kappa shape index (κ2) is 47.3. The molecule has 17 unspecified atom stereocenters. The van der Waals surface area contributed by atoms with E-state index in [-0.39, 0.29) is 18.9 Å². The van der Waals surface area contributed by atoms with Gasteiger partial charge in [-0.15, -0.1) is 0 Å². The van der Waals surface area contributed by atoms with Gasteiger partial charge in [-0.1, -0.05) is 209 Å². The van der Waals surface area contributed by atoms with Crippen molar-refractivity contribution < 1.29 is 89.4 Å². The van der Waals surface area contributed by atoms with Crippen molar-refractivity contribution >= 4 is 5.91 Å². The van der Waals surface area contributed by atoms with Crippen LogP contribution in [-0.2, 0) is 33.2 Å². The maximum Gasteiger partial charge on any atom is 0.220 e. The van der Waals surface area contributed by atoms with Crippen molar-refractivity contribution in [3.05, 3.63) is 72.9 Å². The number of rotatable bonds is 47. The van der Waals surface area contributed by atoms with Crippen LogP contribution >= 0.6 is 0 Å². The van der Waals surface area contributed by atoms with Gasteiger partial charge in [-0.3, -0.25) is 4.79 Å². The zero-order valence-electron chi connectivity index (χ0n) is 50.9. The third-order valence-electron chi connectivity index (χ3n) is 15.8. The molecule has 0 saturated carbocycles. The number of aliphatic hydroxyl groups excluding tert-OH is 11. The van der Waals surface area contributed by atoms with Gasteiger partial charge >= 0.3 is 0 Å². The molecule has 3 aliphatic rings. The lowest BCUT2D eigenvalue weighted by Crippen LogP contribution is -2.66. The first-order chi connectivity index (χ1) is 40.8. The van der Waals surface area contributed by atoms with Gasteiger partial charge in [0.25, 0.3) is 0 Å². The first kappa shape index (κ1) is 75.5.